The molecule has 0 bridgehead atoms. The summed E-state index contributed by atoms with van der Waals surface area (Å²) in [5.41, 5.74) is 1.91. The normalized spacial score (nSPS) is 13.0. The third kappa shape index (κ3) is 2.58. The molecule has 0 radical (unpaired) electrons. The number of nitrogens with zero attached hydrogens (tertiary/aromatic N) is 2. The van der Waals surface area contributed by atoms with Gasteiger partial charge in [-0.15, -0.1) is 0 Å². The van der Waals surface area contributed by atoms with Crippen molar-refractivity contribution in [1.82, 2.24) is 9.97 Å². The molecule has 0 saturated heterocycles. The van der Waals surface area contributed by atoms with E-state index >= 15 is 0 Å². The first-order valence-corrected chi connectivity index (χ1v) is 4.07. The monoisotopic (exact) mass is 166 g/mol. The van der Waals surface area contributed by atoms with Crippen LogP contribution < -0.4 is 0 Å². The number of hydrogen-bond donors (Lipinski definition) is 1. The van der Waals surface area contributed by atoms with Crippen molar-refractivity contribution in [3.05, 3.63) is 23.3 Å². The Morgan fingerprint density at radius 2 is 1.83 bits per heavy atom. The molecule has 66 valence electrons. The second-order valence-corrected chi connectivity index (χ2v) is 3.12. The molecule has 0 aliphatic rings. The zero-order chi connectivity index (χ0) is 9.14. The Morgan fingerprint density at radius 1 is 1.33 bits per heavy atom. The first-order valence-electron chi connectivity index (χ1n) is 4.07. The van der Waals surface area contributed by atoms with Crippen LogP contribution in [0.25, 0.3) is 0 Å². The van der Waals surface area contributed by atoms with Crippen LogP contribution in [0.5, 0.6) is 0 Å². The molecule has 0 amide bonds. The standard InChI is InChI=1S/C9H14N2O/c1-6-4-7(2)11-9(10-6)5-8(3)12/h4,8,12H,5H2,1-3H3. The molecule has 1 rings (SSSR count). The van der Waals surface area contributed by atoms with Crippen molar-refractivity contribution in [2.45, 2.75) is 33.3 Å². The van der Waals surface area contributed by atoms with Crippen LogP contribution in [0, 0.1) is 13.8 Å². The molecule has 0 spiro atoms. The highest BCUT2D eigenvalue weighted by molar-refractivity contribution is 5.08. The van der Waals surface area contributed by atoms with E-state index < -0.39 is 0 Å². The molecule has 0 saturated carbocycles. The fourth-order valence-electron chi connectivity index (χ4n) is 1.15. The van der Waals surface area contributed by atoms with Gasteiger partial charge in [-0.25, -0.2) is 9.97 Å². The summed E-state index contributed by atoms with van der Waals surface area (Å²) in [6.07, 6.45) is 0.161. The molecule has 3 heteroatoms. The summed E-state index contributed by atoms with van der Waals surface area (Å²) in [6, 6.07) is 1.92. The second kappa shape index (κ2) is 3.63. The van der Waals surface area contributed by atoms with Gasteiger partial charge in [0.05, 0.1) is 6.10 Å². The molecule has 3 nitrogen and oxygen atoms in total. The minimum Gasteiger partial charge on any atom is -0.393 e. The van der Waals surface area contributed by atoms with Crippen molar-refractivity contribution in [2.24, 2.45) is 0 Å². The molecule has 1 unspecified atom stereocenters. The van der Waals surface area contributed by atoms with Crippen molar-refractivity contribution >= 4 is 0 Å². The molecule has 0 fully saturated rings. The number of hydrogen-bond acceptors (Lipinski definition) is 3. The van der Waals surface area contributed by atoms with Crippen LogP contribution in [0.4, 0.5) is 0 Å². The Bertz CT molecular complexity index is 251. The Labute approximate surface area is 72.5 Å². The number of aliphatic hydroxyl groups excluding tert-OH is 1. The van der Waals surface area contributed by atoms with Crippen LogP contribution in [-0.2, 0) is 6.42 Å². The van der Waals surface area contributed by atoms with Gasteiger partial charge < -0.3 is 5.11 Å². The molecule has 0 aromatic carbocycles. The predicted molar refractivity (Wildman–Crippen MR) is 46.9 cm³/mol. The zero-order valence-electron chi connectivity index (χ0n) is 7.70. The largest absolute Gasteiger partial charge is 0.393 e. The van der Waals surface area contributed by atoms with Crippen LogP contribution in [0.3, 0.4) is 0 Å². The van der Waals surface area contributed by atoms with Gasteiger partial charge in [-0.2, -0.15) is 0 Å². The first kappa shape index (κ1) is 9.13. The molecule has 1 aromatic heterocycles. The van der Waals surface area contributed by atoms with Gasteiger partial charge in [0, 0.05) is 17.8 Å². The smallest absolute Gasteiger partial charge is 0.131 e. The fourth-order valence-corrected chi connectivity index (χ4v) is 1.15. The number of rotatable bonds is 2. The number of aliphatic hydroxyl groups is 1. The fraction of sp³-hybridized carbons (Fsp3) is 0.556. The van der Waals surface area contributed by atoms with Gasteiger partial charge in [0.2, 0.25) is 0 Å². The molecule has 0 aliphatic carbocycles. The Kier molecular flexibility index (Phi) is 2.76. The average molecular weight is 166 g/mol. The minimum absolute atomic E-state index is 0.369. The van der Waals surface area contributed by atoms with E-state index in [1.54, 1.807) is 6.92 Å². The molecule has 1 N–H and O–H groups in total. The average Bonchev–Trinajstić information content (AvgIpc) is 1.81. The van der Waals surface area contributed by atoms with E-state index in [2.05, 4.69) is 9.97 Å². The maximum absolute atomic E-state index is 9.11. The van der Waals surface area contributed by atoms with E-state index in [1.165, 1.54) is 0 Å². The van der Waals surface area contributed by atoms with Crippen LogP contribution in [-0.4, -0.2) is 21.2 Å². The quantitative estimate of drug-likeness (QED) is 0.713. The summed E-state index contributed by atoms with van der Waals surface area (Å²) in [7, 11) is 0. The lowest BCUT2D eigenvalue weighted by Crippen LogP contribution is -2.09. The highest BCUT2D eigenvalue weighted by Gasteiger charge is 2.02. The van der Waals surface area contributed by atoms with Crippen molar-refractivity contribution < 1.29 is 5.11 Å². The van der Waals surface area contributed by atoms with Crippen molar-refractivity contribution in [3.8, 4) is 0 Å². The molecule has 1 heterocycles. The van der Waals surface area contributed by atoms with Gasteiger partial charge in [0.25, 0.3) is 0 Å². The van der Waals surface area contributed by atoms with Gasteiger partial charge in [0.15, 0.2) is 0 Å². The topological polar surface area (TPSA) is 46.0 Å². The van der Waals surface area contributed by atoms with Gasteiger partial charge >= 0.3 is 0 Å². The predicted octanol–water partition coefficient (Wildman–Crippen LogP) is 1.02. The molecule has 1 atom stereocenters. The Morgan fingerprint density at radius 3 is 2.25 bits per heavy atom. The number of aryl methyl sites for hydroxylation is 2. The summed E-state index contributed by atoms with van der Waals surface area (Å²) in [4.78, 5) is 8.41. The van der Waals surface area contributed by atoms with Gasteiger partial charge in [0.1, 0.15) is 5.82 Å². The third-order valence-corrected chi connectivity index (χ3v) is 1.51. The third-order valence-electron chi connectivity index (χ3n) is 1.51. The molecule has 12 heavy (non-hydrogen) atoms. The molecule has 1 aromatic rings. The SMILES string of the molecule is Cc1cc(C)nc(CC(C)O)n1. The second-order valence-electron chi connectivity index (χ2n) is 3.12. The molecule has 0 aliphatic heterocycles. The Balaban J connectivity index is 2.85. The van der Waals surface area contributed by atoms with E-state index in [4.69, 9.17) is 5.11 Å². The summed E-state index contributed by atoms with van der Waals surface area (Å²) in [6.45, 7) is 5.60. The van der Waals surface area contributed by atoms with Crippen molar-refractivity contribution in [1.29, 1.82) is 0 Å². The Hall–Kier alpha value is -0.960. The van der Waals surface area contributed by atoms with Gasteiger partial charge in [-0.1, -0.05) is 0 Å². The van der Waals surface area contributed by atoms with E-state index in [-0.39, 0.29) is 6.10 Å². The highest BCUT2D eigenvalue weighted by Crippen LogP contribution is 2.01. The zero-order valence-corrected chi connectivity index (χ0v) is 7.70. The summed E-state index contributed by atoms with van der Waals surface area (Å²) >= 11 is 0. The lowest BCUT2D eigenvalue weighted by Gasteiger charge is -2.04. The van der Waals surface area contributed by atoms with Crippen LogP contribution in [0.1, 0.15) is 24.1 Å². The first-order chi connectivity index (χ1) is 5.58. The van der Waals surface area contributed by atoms with Gasteiger partial charge in [-0.05, 0) is 26.8 Å². The molecular formula is C9H14N2O. The van der Waals surface area contributed by atoms with E-state index in [1.807, 2.05) is 19.9 Å². The summed E-state index contributed by atoms with van der Waals surface area (Å²) in [5.74, 6) is 0.725. The summed E-state index contributed by atoms with van der Waals surface area (Å²) < 4.78 is 0. The highest BCUT2D eigenvalue weighted by atomic mass is 16.3. The van der Waals surface area contributed by atoms with Crippen LogP contribution in [0.15, 0.2) is 6.07 Å². The number of aromatic nitrogens is 2. The lowest BCUT2D eigenvalue weighted by atomic mass is 10.2. The molecular weight excluding hydrogens is 152 g/mol. The summed E-state index contributed by atoms with van der Waals surface area (Å²) in [5, 5.41) is 9.11. The maximum atomic E-state index is 9.11. The lowest BCUT2D eigenvalue weighted by molar-refractivity contribution is 0.192. The van der Waals surface area contributed by atoms with Crippen LogP contribution in [0.2, 0.25) is 0 Å². The van der Waals surface area contributed by atoms with E-state index in [0.29, 0.717) is 6.42 Å². The van der Waals surface area contributed by atoms with E-state index in [9.17, 15) is 0 Å². The van der Waals surface area contributed by atoms with Gasteiger partial charge in [-0.3, -0.25) is 0 Å². The maximum Gasteiger partial charge on any atom is 0.131 e. The van der Waals surface area contributed by atoms with E-state index in [0.717, 1.165) is 17.2 Å². The van der Waals surface area contributed by atoms with Crippen LogP contribution >= 0.6 is 0 Å². The minimum atomic E-state index is -0.369. The van der Waals surface area contributed by atoms with Crippen molar-refractivity contribution in [2.75, 3.05) is 0 Å². The van der Waals surface area contributed by atoms with Crippen molar-refractivity contribution in [3.63, 3.8) is 0 Å².